The summed E-state index contributed by atoms with van der Waals surface area (Å²) in [4.78, 5) is 35.1. The zero-order valence-corrected chi connectivity index (χ0v) is 16.4. The van der Waals surface area contributed by atoms with Crippen LogP contribution in [-0.4, -0.2) is 54.4 Å². The van der Waals surface area contributed by atoms with Gasteiger partial charge in [-0.2, -0.15) is 0 Å². The fraction of sp³-hybridized carbons (Fsp3) is 0.409. The number of carbonyl (C=O) groups is 2. The first-order valence-corrected chi connectivity index (χ1v) is 9.82. The number of anilines is 2. The van der Waals surface area contributed by atoms with Crippen molar-refractivity contribution in [3.8, 4) is 0 Å². The van der Waals surface area contributed by atoms with Crippen LogP contribution in [0, 0.1) is 19.9 Å². The van der Waals surface area contributed by atoms with Crippen molar-refractivity contribution >= 4 is 23.3 Å². The van der Waals surface area contributed by atoms with Crippen LogP contribution in [0.3, 0.4) is 0 Å². The predicted octanol–water partition coefficient (Wildman–Crippen LogP) is 2.59. The Kier molecular flexibility index (Phi) is 5.03. The molecule has 0 aliphatic carbocycles. The fourth-order valence-electron chi connectivity index (χ4n) is 3.97. The Hall–Kier alpha value is -2.89. The molecule has 6 nitrogen and oxygen atoms in total. The molecular weight excluding hydrogens is 352 g/mol. The molecule has 0 bridgehead atoms. The van der Waals surface area contributed by atoms with E-state index in [-0.39, 0.29) is 11.8 Å². The monoisotopic (exact) mass is 377 g/mol. The summed E-state index contributed by atoms with van der Waals surface area (Å²) in [6.07, 6.45) is 3.38. The molecule has 0 saturated carbocycles. The molecule has 3 heterocycles. The van der Waals surface area contributed by atoms with Crippen LogP contribution in [-0.2, 0) is 4.79 Å². The van der Waals surface area contributed by atoms with Crippen LogP contribution in [0.15, 0.2) is 30.5 Å². The number of hydrogen-bond donors (Lipinski definition) is 0. The molecule has 1 radical (unpaired) electrons. The number of aryl methyl sites for hydroxylation is 2. The second kappa shape index (κ2) is 7.62. The standard InChI is InChI=1S/C22H25N4O2/c1-16-14-17(2)21(23-15-16)24-10-12-25(13-11-24)22(28)18-5-7-19(8-6-18)26-9-3-4-20(26)27/h5,7-8,14-15H,3-4,9-13H2,1-2H3. The first-order valence-electron chi connectivity index (χ1n) is 9.82. The number of piperazine rings is 1. The van der Waals surface area contributed by atoms with Crippen LogP contribution in [0.4, 0.5) is 11.5 Å². The van der Waals surface area contributed by atoms with Crippen molar-refractivity contribution in [1.82, 2.24) is 9.88 Å². The van der Waals surface area contributed by atoms with Gasteiger partial charge >= 0.3 is 0 Å². The molecular formula is C22H25N4O2. The Morgan fingerprint density at radius 1 is 1.11 bits per heavy atom. The van der Waals surface area contributed by atoms with Crippen molar-refractivity contribution in [2.24, 2.45) is 0 Å². The van der Waals surface area contributed by atoms with E-state index in [0.717, 1.165) is 43.1 Å². The van der Waals surface area contributed by atoms with Crippen molar-refractivity contribution in [2.75, 3.05) is 42.5 Å². The minimum Gasteiger partial charge on any atom is -0.353 e. The van der Waals surface area contributed by atoms with Gasteiger partial charge in [0, 0.05) is 56.6 Å². The lowest BCUT2D eigenvalue weighted by Gasteiger charge is -2.36. The van der Waals surface area contributed by atoms with Crippen LogP contribution in [0.1, 0.15) is 34.3 Å². The van der Waals surface area contributed by atoms with Crippen LogP contribution < -0.4 is 9.80 Å². The quantitative estimate of drug-likeness (QED) is 0.825. The Morgan fingerprint density at radius 3 is 2.50 bits per heavy atom. The van der Waals surface area contributed by atoms with Crippen molar-refractivity contribution < 1.29 is 9.59 Å². The largest absolute Gasteiger partial charge is 0.353 e. The molecule has 28 heavy (non-hydrogen) atoms. The van der Waals surface area contributed by atoms with Crippen molar-refractivity contribution in [3.05, 3.63) is 53.2 Å². The molecule has 2 saturated heterocycles. The Labute approximate surface area is 165 Å². The van der Waals surface area contributed by atoms with E-state index in [1.165, 1.54) is 5.56 Å². The van der Waals surface area contributed by atoms with E-state index in [1.807, 2.05) is 24.1 Å². The van der Waals surface area contributed by atoms with Gasteiger partial charge in [-0.1, -0.05) is 6.07 Å². The number of nitrogens with zero attached hydrogens (tertiary/aromatic N) is 4. The Balaban J connectivity index is 1.39. The van der Waals surface area contributed by atoms with Gasteiger partial charge < -0.3 is 14.7 Å². The molecule has 2 aliphatic heterocycles. The lowest BCUT2D eigenvalue weighted by molar-refractivity contribution is -0.117. The van der Waals surface area contributed by atoms with E-state index in [9.17, 15) is 9.59 Å². The minimum absolute atomic E-state index is 0.00691. The Morgan fingerprint density at radius 2 is 1.89 bits per heavy atom. The van der Waals surface area contributed by atoms with E-state index >= 15 is 0 Å². The second-order valence-corrected chi connectivity index (χ2v) is 7.54. The highest BCUT2D eigenvalue weighted by atomic mass is 16.2. The van der Waals surface area contributed by atoms with E-state index in [0.29, 0.717) is 25.1 Å². The highest BCUT2D eigenvalue weighted by Crippen LogP contribution is 2.23. The number of benzene rings is 1. The summed E-state index contributed by atoms with van der Waals surface area (Å²) in [5.41, 5.74) is 3.70. The topological polar surface area (TPSA) is 56.8 Å². The molecule has 145 valence electrons. The summed E-state index contributed by atoms with van der Waals surface area (Å²) in [5.74, 6) is 1.14. The highest BCUT2D eigenvalue weighted by Gasteiger charge is 2.25. The van der Waals surface area contributed by atoms with Gasteiger partial charge in [0.1, 0.15) is 5.82 Å². The van der Waals surface area contributed by atoms with Gasteiger partial charge in [-0.3, -0.25) is 9.59 Å². The second-order valence-electron chi connectivity index (χ2n) is 7.54. The zero-order chi connectivity index (χ0) is 19.7. The van der Waals surface area contributed by atoms with Gasteiger partial charge in [-0.25, -0.2) is 4.98 Å². The molecule has 2 aromatic rings. The number of rotatable bonds is 3. The lowest BCUT2D eigenvalue weighted by Crippen LogP contribution is -2.49. The maximum absolute atomic E-state index is 12.8. The summed E-state index contributed by atoms with van der Waals surface area (Å²) in [7, 11) is 0. The van der Waals surface area contributed by atoms with Gasteiger partial charge in [-0.15, -0.1) is 0 Å². The maximum Gasteiger partial charge on any atom is 0.254 e. The molecule has 4 rings (SSSR count). The average molecular weight is 377 g/mol. The minimum atomic E-state index is -0.00691. The molecule has 0 atom stereocenters. The number of amides is 2. The van der Waals surface area contributed by atoms with Crippen molar-refractivity contribution in [1.29, 1.82) is 0 Å². The maximum atomic E-state index is 12.8. The summed E-state index contributed by atoms with van der Waals surface area (Å²) >= 11 is 0. The summed E-state index contributed by atoms with van der Waals surface area (Å²) in [6.45, 7) is 7.72. The van der Waals surface area contributed by atoms with Gasteiger partial charge in [0.25, 0.3) is 5.91 Å². The highest BCUT2D eigenvalue weighted by molar-refractivity contribution is 5.97. The number of pyridine rings is 1. The Bertz CT molecular complexity index is 886. The molecule has 2 aliphatic rings. The molecule has 2 fully saturated rings. The molecule has 2 amide bonds. The van der Waals surface area contributed by atoms with E-state index in [2.05, 4.69) is 28.9 Å². The first kappa shape index (κ1) is 18.5. The summed E-state index contributed by atoms with van der Waals surface area (Å²) < 4.78 is 0. The normalized spacial score (nSPS) is 17.4. The molecule has 6 heteroatoms. The van der Waals surface area contributed by atoms with Gasteiger partial charge in [0.2, 0.25) is 5.91 Å². The molecule has 1 aromatic heterocycles. The smallest absolute Gasteiger partial charge is 0.254 e. The molecule has 0 N–H and O–H groups in total. The molecule has 1 aromatic carbocycles. The van der Waals surface area contributed by atoms with Crippen molar-refractivity contribution in [3.63, 3.8) is 0 Å². The third-order valence-corrected chi connectivity index (χ3v) is 5.47. The van der Waals surface area contributed by atoms with Crippen LogP contribution >= 0.6 is 0 Å². The molecule has 0 spiro atoms. The SMILES string of the molecule is Cc1cnc(N2CCN(C(=O)c3[c]cc(N4CCCC4=O)cc3)CC2)c(C)c1. The summed E-state index contributed by atoms with van der Waals surface area (Å²) in [6, 6.07) is 10.6. The van der Waals surface area contributed by atoms with Crippen LogP contribution in [0.25, 0.3) is 0 Å². The zero-order valence-electron chi connectivity index (χ0n) is 16.4. The summed E-state index contributed by atoms with van der Waals surface area (Å²) in [5, 5.41) is 0. The van der Waals surface area contributed by atoms with Gasteiger partial charge in [0.15, 0.2) is 0 Å². The van der Waals surface area contributed by atoms with E-state index < -0.39 is 0 Å². The average Bonchev–Trinajstić information content (AvgIpc) is 3.14. The van der Waals surface area contributed by atoms with Gasteiger partial charge in [0.05, 0.1) is 0 Å². The van der Waals surface area contributed by atoms with Crippen molar-refractivity contribution in [2.45, 2.75) is 26.7 Å². The van der Waals surface area contributed by atoms with E-state index in [4.69, 9.17) is 0 Å². The number of hydrogen-bond acceptors (Lipinski definition) is 4. The van der Waals surface area contributed by atoms with Crippen LogP contribution in [0.5, 0.6) is 0 Å². The third-order valence-electron chi connectivity index (χ3n) is 5.47. The van der Waals surface area contributed by atoms with E-state index in [1.54, 1.807) is 17.0 Å². The predicted molar refractivity (Wildman–Crippen MR) is 109 cm³/mol. The lowest BCUT2D eigenvalue weighted by atomic mass is 10.1. The third kappa shape index (κ3) is 3.59. The number of carbonyl (C=O) groups excluding carboxylic acids is 2. The van der Waals surface area contributed by atoms with Gasteiger partial charge in [-0.05, 0) is 55.7 Å². The van der Waals surface area contributed by atoms with Crippen LogP contribution in [0.2, 0.25) is 0 Å². The molecule has 0 unspecified atom stereocenters. The fourth-order valence-corrected chi connectivity index (χ4v) is 3.97. The first-order chi connectivity index (χ1) is 13.5. The number of aromatic nitrogens is 1.